The van der Waals surface area contributed by atoms with Gasteiger partial charge in [0.2, 0.25) is 0 Å². The topological polar surface area (TPSA) is 44.5 Å². The van der Waals surface area contributed by atoms with Crippen molar-refractivity contribution in [3.05, 3.63) is 23.8 Å². The van der Waals surface area contributed by atoms with Crippen LogP contribution in [0, 0.1) is 0 Å². The van der Waals surface area contributed by atoms with Crippen LogP contribution in [-0.2, 0) is 0 Å². The van der Waals surface area contributed by atoms with Gasteiger partial charge in [-0.05, 0) is 45.6 Å². The predicted octanol–water partition coefficient (Wildman–Crippen LogP) is 3.57. The molecular formula is C16H23NO2. The van der Waals surface area contributed by atoms with Gasteiger partial charge >= 0.3 is 0 Å². The fraction of sp³-hybridized carbons (Fsp3) is 0.625. The molecule has 1 aliphatic carbocycles. The zero-order valence-corrected chi connectivity index (χ0v) is 11.8. The van der Waals surface area contributed by atoms with Gasteiger partial charge in [-0.2, -0.15) is 0 Å². The number of hydrogen-bond donors (Lipinski definition) is 1. The standard InChI is InChI=1S/C16H23NO2/c1-16(2)10-14(17)13-8-7-12(9-15(13)19-16)18-11-5-3-4-6-11/h7-9,11,14H,3-6,10,17H2,1-2H3. The van der Waals surface area contributed by atoms with E-state index in [1.54, 1.807) is 0 Å². The number of rotatable bonds is 2. The van der Waals surface area contributed by atoms with Gasteiger partial charge in [-0.1, -0.05) is 6.07 Å². The van der Waals surface area contributed by atoms with Crippen LogP contribution in [0.1, 0.15) is 57.6 Å². The van der Waals surface area contributed by atoms with Crippen molar-refractivity contribution in [1.82, 2.24) is 0 Å². The Morgan fingerprint density at radius 1 is 1.26 bits per heavy atom. The maximum Gasteiger partial charge on any atom is 0.128 e. The minimum Gasteiger partial charge on any atom is -0.490 e. The SMILES string of the molecule is CC1(C)CC(N)c2ccc(OC3CCCC3)cc2O1. The van der Waals surface area contributed by atoms with E-state index in [0.717, 1.165) is 23.5 Å². The molecule has 3 rings (SSSR count). The van der Waals surface area contributed by atoms with Crippen LogP contribution >= 0.6 is 0 Å². The average molecular weight is 261 g/mol. The summed E-state index contributed by atoms with van der Waals surface area (Å²) >= 11 is 0. The molecule has 0 amide bonds. The van der Waals surface area contributed by atoms with Crippen molar-refractivity contribution < 1.29 is 9.47 Å². The smallest absolute Gasteiger partial charge is 0.128 e. The van der Waals surface area contributed by atoms with Crippen LogP contribution in [0.3, 0.4) is 0 Å². The highest BCUT2D eigenvalue weighted by Crippen LogP contribution is 2.40. The Hall–Kier alpha value is -1.22. The summed E-state index contributed by atoms with van der Waals surface area (Å²) in [6.07, 6.45) is 6.13. The van der Waals surface area contributed by atoms with E-state index < -0.39 is 0 Å². The maximum absolute atomic E-state index is 6.21. The summed E-state index contributed by atoms with van der Waals surface area (Å²) in [6.45, 7) is 4.17. The monoisotopic (exact) mass is 261 g/mol. The molecule has 1 atom stereocenters. The second-order valence-electron chi connectivity index (χ2n) is 6.40. The highest BCUT2D eigenvalue weighted by molar-refractivity contribution is 5.44. The number of benzene rings is 1. The highest BCUT2D eigenvalue weighted by Gasteiger charge is 2.32. The van der Waals surface area contributed by atoms with Gasteiger partial charge in [-0.3, -0.25) is 0 Å². The summed E-state index contributed by atoms with van der Waals surface area (Å²) in [4.78, 5) is 0. The second-order valence-corrected chi connectivity index (χ2v) is 6.40. The molecular weight excluding hydrogens is 238 g/mol. The van der Waals surface area contributed by atoms with Gasteiger partial charge in [0.05, 0.1) is 6.10 Å². The normalized spacial score (nSPS) is 25.7. The summed E-state index contributed by atoms with van der Waals surface area (Å²) in [5.41, 5.74) is 7.11. The first-order valence-corrected chi connectivity index (χ1v) is 7.29. The quantitative estimate of drug-likeness (QED) is 0.885. The van der Waals surface area contributed by atoms with Crippen LogP contribution in [0.15, 0.2) is 18.2 Å². The number of hydrogen-bond acceptors (Lipinski definition) is 3. The molecule has 1 saturated carbocycles. The molecule has 0 spiro atoms. The third kappa shape index (κ3) is 2.71. The Bertz CT molecular complexity index is 464. The Labute approximate surface area is 115 Å². The highest BCUT2D eigenvalue weighted by atomic mass is 16.5. The van der Waals surface area contributed by atoms with E-state index in [2.05, 4.69) is 19.9 Å². The van der Waals surface area contributed by atoms with E-state index >= 15 is 0 Å². The van der Waals surface area contributed by atoms with Gasteiger partial charge in [-0.15, -0.1) is 0 Å². The van der Waals surface area contributed by atoms with Crippen LogP contribution in [0.25, 0.3) is 0 Å². The Morgan fingerprint density at radius 2 is 2.00 bits per heavy atom. The molecule has 104 valence electrons. The van der Waals surface area contributed by atoms with Gasteiger partial charge in [0.1, 0.15) is 17.1 Å². The van der Waals surface area contributed by atoms with Crippen molar-refractivity contribution >= 4 is 0 Å². The molecule has 1 fully saturated rings. The first-order chi connectivity index (χ1) is 9.03. The molecule has 1 aromatic carbocycles. The maximum atomic E-state index is 6.21. The van der Waals surface area contributed by atoms with Gasteiger partial charge in [-0.25, -0.2) is 0 Å². The summed E-state index contributed by atoms with van der Waals surface area (Å²) in [5, 5.41) is 0. The Morgan fingerprint density at radius 3 is 2.74 bits per heavy atom. The third-order valence-corrected chi connectivity index (χ3v) is 4.09. The largest absolute Gasteiger partial charge is 0.490 e. The van der Waals surface area contributed by atoms with Crippen molar-refractivity contribution in [3.8, 4) is 11.5 Å². The Balaban J connectivity index is 1.82. The van der Waals surface area contributed by atoms with Crippen molar-refractivity contribution in [2.75, 3.05) is 0 Å². The lowest BCUT2D eigenvalue weighted by Gasteiger charge is -2.36. The first-order valence-electron chi connectivity index (χ1n) is 7.29. The number of fused-ring (bicyclic) bond motifs is 1. The van der Waals surface area contributed by atoms with Gasteiger partial charge < -0.3 is 15.2 Å². The molecule has 3 heteroatoms. The summed E-state index contributed by atoms with van der Waals surface area (Å²) in [7, 11) is 0. The van der Waals surface area contributed by atoms with Crippen molar-refractivity contribution in [2.45, 2.75) is 63.7 Å². The molecule has 1 heterocycles. The molecule has 1 unspecified atom stereocenters. The second kappa shape index (κ2) is 4.71. The van der Waals surface area contributed by atoms with Gasteiger partial charge in [0.15, 0.2) is 0 Å². The van der Waals surface area contributed by atoms with Crippen molar-refractivity contribution in [1.29, 1.82) is 0 Å². The van der Waals surface area contributed by atoms with Gasteiger partial charge in [0.25, 0.3) is 0 Å². The van der Waals surface area contributed by atoms with Crippen molar-refractivity contribution in [3.63, 3.8) is 0 Å². The number of nitrogens with two attached hydrogens (primary N) is 1. The fourth-order valence-electron chi connectivity index (χ4n) is 3.16. The molecule has 1 aliphatic heterocycles. The molecule has 0 saturated heterocycles. The van der Waals surface area contributed by atoms with E-state index in [1.165, 1.54) is 25.7 Å². The van der Waals surface area contributed by atoms with Crippen LogP contribution in [0.2, 0.25) is 0 Å². The molecule has 0 aromatic heterocycles. The fourth-order valence-corrected chi connectivity index (χ4v) is 3.16. The molecule has 0 radical (unpaired) electrons. The lowest BCUT2D eigenvalue weighted by atomic mass is 9.90. The van der Waals surface area contributed by atoms with Gasteiger partial charge in [0, 0.05) is 24.1 Å². The van der Waals surface area contributed by atoms with Crippen LogP contribution in [0.5, 0.6) is 11.5 Å². The molecule has 19 heavy (non-hydrogen) atoms. The van der Waals surface area contributed by atoms with Crippen LogP contribution in [-0.4, -0.2) is 11.7 Å². The van der Waals surface area contributed by atoms with E-state index in [1.807, 2.05) is 12.1 Å². The number of ether oxygens (including phenoxy) is 2. The minimum atomic E-state index is -0.196. The summed E-state index contributed by atoms with van der Waals surface area (Å²) in [5.74, 6) is 1.80. The predicted molar refractivity (Wildman–Crippen MR) is 75.6 cm³/mol. The van der Waals surface area contributed by atoms with Crippen LogP contribution in [0.4, 0.5) is 0 Å². The minimum absolute atomic E-state index is 0.0549. The van der Waals surface area contributed by atoms with Crippen LogP contribution < -0.4 is 15.2 Å². The zero-order chi connectivity index (χ0) is 13.5. The van der Waals surface area contributed by atoms with E-state index in [0.29, 0.717) is 6.10 Å². The molecule has 2 aliphatic rings. The average Bonchev–Trinajstić information content (AvgIpc) is 2.79. The zero-order valence-electron chi connectivity index (χ0n) is 11.8. The first kappa shape index (κ1) is 12.8. The molecule has 2 N–H and O–H groups in total. The summed E-state index contributed by atoms with van der Waals surface area (Å²) < 4.78 is 12.1. The molecule has 3 nitrogen and oxygen atoms in total. The lowest BCUT2D eigenvalue weighted by molar-refractivity contribution is 0.0721. The van der Waals surface area contributed by atoms with E-state index in [-0.39, 0.29) is 11.6 Å². The Kier molecular flexibility index (Phi) is 3.17. The third-order valence-electron chi connectivity index (χ3n) is 4.09. The van der Waals surface area contributed by atoms with E-state index in [4.69, 9.17) is 15.2 Å². The summed E-state index contributed by atoms with van der Waals surface area (Å²) in [6, 6.07) is 6.14. The molecule has 0 bridgehead atoms. The molecule has 1 aromatic rings. The van der Waals surface area contributed by atoms with E-state index in [9.17, 15) is 0 Å². The van der Waals surface area contributed by atoms with Crippen molar-refractivity contribution in [2.24, 2.45) is 5.73 Å². The lowest BCUT2D eigenvalue weighted by Crippen LogP contribution is -2.37.